The fourth-order valence-electron chi connectivity index (χ4n) is 4.10. The van der Waals surface area contributed by atoms with Crippen molar-refractivity contribution in [1.29, 1.82) is 0 Å². The second-order valence-corrected chi connectivity index (χ2v) is 7.58. The van der Waals surface area contributed by atoms with Gasteiger partial charge < -0.3 is 0 Å². The Labute approximate surface area is 144 Å². The van der Waals surface area contributed by atoms with Crippen LogP contribution in [0.2, 0.25) is 0 Å². The minimum Gasteiger partial charge on any atom is -0.201 e. The van der Waals surface area contributed by atoms with Crippen LogP contribution in [0.15, 0.2) is 54.7 Å². The average molecular weight is 314 g/mol. The molecule has 1 nitrogen and oxygen atoms in total. The Hall–Kier alpha value is -2.41. The molecule has 1 aromatic heterocycles. The van der Waals surface area contributed by atoms with Gasteiger partial charge in [0.25, 0.3) is 0 Å². The lowest BCUT2D eigenvalue weighted by atomic mass is 9.81. The number of aryl methyl sites for hydroxylation is 3. The third kappa shape index (κ3) is 2.04. The summed E-state index contributed by atoms with van der Waals surface area (Å²) in [5, 5.41) is 0. The van der Waals surface area contributed by atoms with Gasteiger partial charge in [-0.1, -0.05) is 43.7 Å². The number of hydrogen-bond donors (Lipinski definition) is 0. The van der Waals surface area contributed by atoms with Crippen LogP contribution in [0, 0.1) is 13.8 Å². The molecular weight excluding hydrogens is 290 g/mol. The Morgan fingerprint density at radius 1 is 0.792 bits per heavy atom. The maximum Gasteiger partial charge on any atom is 0.212 e. The minimum absolute atomic E-state index is 0.0700. The van der Waals surface area contributed by atoms with Gasteiger partial charge >= 0.3 is 0 Å². The Morgan fingerprint density at radius 2 is 1.54 bits per heavy atom. The Morgan fingerprint density at radius 3 is 2.29 bits per heavy atom. The van der Waals surface area contributed by atoms with E-state index in [9.17, 15) is 0 Å². The van der Waals surface area contributed by atoms with E-state index in [1.54, 1.807) is 0 Å². The zero-order valence-electron chi connectivity index (χ0n) is 15.1. The van der Waals surface area contributed by atoms with Crippen LogP contribution in [0.4, 0.5) is 0 Å². The molecule has 0 amide bonds. The largest absolute Gasteiger partial charge is 0.212 e. The highest BCUT2D eigenvalue weighted by Crippen LogP contribution is 2.50. The summed E-state index contributed by atoms with van der Waals surface area (Å²) in [4.78, 5) is 0. The summed E-state index contributed by atoms with van der Waals surface area (Å²) in [6, 6.07) is 18.1. The predicted octanol–water partition coefficient (Wildman–Crippen LogP) is 5.10. The van der Waals surface area contributed by atoms with Gasteiger partial charge in [-0.3, -0.25) is 0 Å². The van der Waals surface area contributed by atoms with E-state index in [0.717, 1.165) is 0 Å². The molecule has 0 radical (unpaired) electrons. The summed E-state index contributed by atoms with van der Waals surface area (Å²) in [6.07, 6.45) is 2.12. The van der Waals surface area contributed by atoms with Crippen LogP contribution in [0.25, 0.3) is 22.4 Å². The molecule has 0 saturated carbocycles. The maximum absolute atomic E-state index is 2.40. The van der Waals surface area contributed by atoms with Crippen molar-refractivity contribution in [1.82, 2.24) is 0 Å². The molecule has 0 bridgehead atoms. The van der Waals surface area contributed by atoms with Crippen molar-refractivity contribution in [2.75, 3.05) is 0 Å². The Bertz CT molecular complexity index is 964. The highest BCUT2D eigenvalue weighted by Gasteiger charge is 2.36. The molecule has 0 unspecified atom stereocenters. The molecule has 0 fully saturated rings. The lowest BCUT2D eigenvalue weighted by Crippen LogP contribution is -2.30. The lowest BCUT2D eigenvalue weighted by Gasteiger charge is -2.22. The second-order valence-electron chi connectivity index (χ2n) is 7.58. The number of aromatic nitrogens is 1. The minimum atomic E-state index is 0.0700. The van der Waals surface area contributed by atoms with Gasteiger partial charge in [0.15, 0.2) is 6.20 Å². The van der Waals surface area contributed by atoms with Crippen LogP contribution in [-0.2, 0) is 12.5 Å². The number of nitrogens with zero attached hydrogens (tertiary/aromatic N) is 1. The summed E-state index contributed by atoms with van der Waals surface area (Å²) in [5.41, 5.74) is 11.0. The molecule has 1 aliphatic carbocycles. The van der Waals surface area contributed by atoms with Crippen LogP contribution in [-0.4, -0.2) is 0 Å². The molecule has 0 N–H and O–H groups in total. The topological polar surface area (TPSA) is 3.88 Å². The summed E-state index contributed by atoms with van der Waals surface area (Å²) >= 11 is 0. The smallest absolute Gasteiger partial charge is 0.201 e. The van der Waals surface area contributed by atoms with Crippen molar-refractivity contribution in [2.24, 2.45) is 7.05 Å². The molecule has 3 aromatic rings. The average Bonchev–Trinajstić information content (AvgIpc) is 2.75. The van der Waals surface area contributed by atoms with Crippen LogP contribution in [0.5, 0.6) is 0 Å². The summed E-state index contributed by atoms with van der Waals surface area (Å²) in [7, 11) is 2.12. The summed E-state index contributed by atoms with van der Waals surface area (Å²) in [6.45, 7) is 9.09. The van der Waals surface area contributed by atoms with Gasteiger partial charge in [0, 0.05) is 23.1 Å². The Kier molecular flexibility index (Phi) is 3.18. The fraction of sp³-hybridized carbons (Fsp3) is 0.261. The monoisotopic (exact) mass is 314 g/mol. The zero-order valence-corrected chi connectivity index (χ0v) is 15.1. The van der Waals surface area contributed by atoms with Gasteiger partial charge in [0.1, 0.15) is 7.05 Å². The molecular formula is C23H24N+. The van der Waals surface area contributed by atoms with Gasteiger partial charge in [0.05, 0.1) is 0 Å². The van der Waals surface area contributed by atoms with Crippen molar-refractivity contribution in [3.63, 3.8) is 0 Å². The third-order valence-corrected chi connectivity index (χ3v) is 5.51. The lowest BCUT2D eigenvalue weighted by molar-refractivity contribution is -0.660. The molecule has 120 valence electrons. The molecule has 0 spiro atoms. The van der Waals surface area contributed by atoms with Gasteiger partial charge in [-0.15, -0.1) is 0 Å². The number of fused-ring (bicyclic) bond motifs is 3. The van der Waals surface area contributed by atoms with Crippen LogP contribution >= 0.6 is 0 Å². The highest BCUT2D eigenvalue weighted by atomic mass is 14.9. The summed E-state index contributed by atoms with van der Waals surface area (Å²) < 4.78 is 2.20. The molecule has 0 atom stereocenters. The first-order chi connectivity index (χ1) is 11.4. The van der Waals surface area contributed by atoms with E-state index in [1.807, 2.05) is 0 Å². The normalized spacial score (nSPS) is 14.4. The number of hydrogen-bond acceptors (Lipinski definition) is 0. The van der Waals surface area contributed by atoms with Crippen molar-refractivity contribution in [3.05, 3.63) is 77.0 Å². The van der Waals surface area contributed by atoms with E-state index in [4.69, 9.17) is 0 Å². The molecule has 24 heavy (non-hydrogen) atoms. The second kappa shape index (κ2) is 5.04. The highest BCUT2D eigenvalue weighted by molar-refractivity contribution is 5.85. The molecule has 2 aromatic carbocycles. The number of benzene rings is 2. The van der Waals surface area contributed by atoms with Crippen molar-refractivity contribution < 1.29 is 4.57 Å². The molecule has 1 aliphatic rings. The van der Waals surface area contributed by atoms with Crippen molar-refractivity contribution in [3.8, 4) is 22.4 Å². The van der Waals surface area contributed by atoms with Gasteiger partial charge in [-0.2, -0.15) is 0 Å². The van der Waals surface area contributed by atoms with E-state index < -0.39 is 0 Å². The van der Waals surface area contributed by atoms with Gasteiger partial charge in [-0.25, -0.2) is 4.57 Å². The van der Waals surface area contributed by atoms with E-state index in [-0.39, 0.29) is 5.41 Å². The van der Waals surface area contributed by atoms with E-state index in [1.165, 1.54) is 44.6 Å². The summed E-state index contributed by atoms with van der Waals surface area (Å²) in [5.74, 6) is 0. The van der Waals surface area contributed by atoms with E-state index in [2.05, 4.69) is 94.0 Å². The van der Waals surface area contributed by atoms with Crippen LogP contribution in [0.3, 0.4) is 0 Å². The third-order valence-electron chi connectivity index (χ3n) is 5.51. The van der Waals surface area contributed by atoms with Crippen molar-refractivity contribution >= 4 is 0 Å². The SMILES string of the molecule is Cc1ccc2c(c1)-c1cc(-c3cccc[n+]3C)c(C)cc1C2(C)C. The fourth-order valence-corrected chi connectivity index (χ4v) is 4.10. The molecule has 4 rings (SSSR count). The quantitative estimate of drug-likeness (QED) is 0.550. The van der Waals surface area contributed by atoms with Crippen LogP contribution in [0.1, 0.15) is 36.1 Å². The van der Waals surface area contributed by atoms with Gasteiger partial charge in [0.2, 0.25) is 5.69 Å². The predicted molar refractivity (Wildman–Crippen MR) is 100 cm³/mol. The molecule has 1 heterocycles. The first-order valence-electron chi connectivity index (χ1n) is 8.61. The van der Waals surface area contributed by atoms with Crippen LogP contribution < -0.4 is 4.57 Å². The standard InChI is InChI=1S/C23H24N/c1-15-9-10-20-18(12-15)19-14-17(22-8-6-7-11-24(22)5)16(2)13-21(19)23(20,3)4/h6-14H,1-5H3/q+1. The van der Waals surface area contributed by atoms with E-state index >= 15 is 0 Å². The molecule has 1 heteroatoms. The number of pyridine rings is 1. The zero-order chi connectivity index (χ0) is 17.1. The molecule has 0 saturated heterocycles. The maximum atomic E-state index is 2.40. The number of rotatable bonds is 1. The van der Waals surface area contributed by atoms with Crippen molar-refractivity contribution in [2.45, 2.75) is 33.1 Å². The van der Waals surface area contributed by atoms with E-state index in [0.29, 0.717) is 0 Å². The van der Waals surface area contributed by atoms with Gasteiger partial charge in [-0.05, 0) is 53.8 Å². The first kappa shape index (κ1) is 15.1. The molecule has 0 aliphatic heterocycles. The first-order valence-corrected chi connectivity index (χ1v) is 8.61. The Balaban J connectivity index is 2.03.